The Morgan fingerprint density at radius 1 is 1.41 bits per heavy atom. The van der Waals surface area contributed by atoms with Crippen LogP contribution < -0.4 is 0 Å². The van der Waals surface area contributed by atoms with Gasteiger partial charge in [0.1, 0.15) is 5.82 Å². The molecule has 0 bridgehead atoms. The van der Waals surface area contributed by atoms with E-state index in [1.807, 2.05) is 12.1 Å². The lowest BCUT2D eigenvalue weighted by Gasteiger charge is -2.27. The second-order valence-electron chi connectivity index (χ2n) is 5.91. The normalized spacial score (nSPS) is 15.0. The van der Waals surface area contributed by atoms with Crippen molar-refractivity contribution < 1.29 is 9.13 Å². The Hall–Kier alpha value is -1.72. The number of aryl methyl sites for hydroxylation is 1. The quantitative estimate of drug-likeness (QED) is 0.923. The number of ether oxygens (including phenoxy) is 1. The van der Waals surface area contributed by atoms with Crippen molar-refractivity contribution in [1.82, 2.24) is 15.1 Å². The van der Waals surface area contributed by atoms with Gasteiger partial charge in [-0.15, -0.1) is 0 Å². The molecule has 0 atom stereocenters. The lowest BCUT2D eigenvalue weighted by molar-refractivity contribution is 0.200. The number of nitrogens with zero attached hydrogens (tertiary/aromatic N) is 2. The molecule has 5 heteroatoms. The van der Waals surface area contributed by atoms with E-state index in [0.717, 1.165) is 43.7 Å². The largest absolute Gasteiger partial charge is 0.384 e. The van der Waals surface area contributed by atoms with E-state index < -0.39 is 0 Å². The van der Waals surface area contributed by atoms with Gasteiger partial charge in [0, 0.05) is 50.8 Å². The van der Waals surface area contributed by atoms with E-state index >= 15 is 0 Å². The van der Waals surface area contributed by atoms with Crippen molar-refractivity contribution in [2.45, 2.75) is 32.9 Å². The lowest BCUT2D eigenvalue weighted by atomic mass is 10.0. The third kappa shape index (κ3) is 3.20. The van der Waals surface area contributed by atoms with E-state index in [9.17, 15) is 4.39 Å². The van der Waals surface area contributed by atoms with Gasteiger partial charge in [0.2, 0.25) is 0 Å². The maximum atomic E-state index is 13.7. The number of H-pyrrole nitrogens is 1. The molecule has 0 spiro atoms. The second-order valence-corrected chi connectivity index (χ2v) is 5.91. The zero-order valence-electron chi connectivity index (χ0n) is 13.2. The van der Waals surface area contributed by atoms with Crippen LogP contribution >= 0.6 is 0 Å². The highest BCUT2D eigenvalue weighted by atomic mass is 19.1. The summed E-state index contributed by atoms with van der Waals surface area (Å²) in [5, 5.41) is 7.55. The van der Waals surface area contributed by atoms with Crippen molar-refractivity contribution in [2.75, 3.05) is 20.3 Å². The van der Waals surface area contributed by atoms with Gasteiger partial charge in [-0.3, -0.25) is 10.00 Å². The number of benzene rings is 1. The average Bonchev–Trinajstić information content (AvgIpc) is 2.91. The molecule has 0 radical (unpaired) electrons. The van der Waals surface area contributed by atoms with Crippen LogP contribution in [0.4, 0.5) is 4.39 Å². The van der Waals surface area contributed by atoms with Crippen molar-refractivity contribution in [3.05, 3.63) is 52.1 Å². The molecule has 1 N–H and O–H groups in total. The van der Waals surface area contributed by atoms with Crippen molar-refractivity contribution in [1.29, 1.82) is 0 Å². The summed E-state index contributed by atoms with van der Waals surface area (Å²) in [6, 6.07) is 5.50. The van der Waals surface area contributed by atoms with Crippen molar-refractivity contribution >= 4 is 0 Å². The first-order valence-corrected chi connectivity index (χ1v) is 7.68. The Labute approximate surface area is 130 Å². The standard InChI is InChI=1S/C17H22FN3O/c1-12-3-4-13(9-15(12)18)10-21-7-5-16-14(11-21)17(20-19-16)6-8-22-2/h3-4,9H,5-8,10-11H2,1-2H3,(H,19,20). The summed E-state index contributed by atoms with van der Waals surface area (Å²) in [6.45, 7) is 5.07. The van der Waals surface area contributed by atoms with Gasteiger partial charge in [-0.2, -0.15) is 5.10 Å². The molecule has 1 aliphatic heterocycles. The van der Waals surface area contributed by atoms with Crippen LogP contribution in [0, 0.1) is 12.7 Å². The number of nitrogens with one attached hydrogen (secondary N) is 1. The number of aromatic nitrogens is 2. The average molecular weight is 303 g/mol. The molecule has 3 rings (SSSR count). The predicted octanol–water partition coefficient (Wildman–Crippen LogP) is 2.60. The monoisotopic (exact) mass is 303 g/mol. The van der Waals surface area contributed by atoms with Crippen LogP contribution in [-0.4, -0.2) is 35.4 Å². The Morgan fingerprint density at radius 3 is 3.05 bits per heavy atom. The highest BCUT2D eigenvalue weighted by molar-refractivity contribution is 5.29. The van der Waals surface area contributed by atoms with Gasteiger partial charge in [-0.1, -0.05) is 12.1 Å². The van der Waals surface area contributed by atoms with Gasteiger partial charge in [-0.25, -0.2) is 4.39 Å². The van der Waals surface area contributed by atoms with Crippen LogP contribution in [0.3, 0.4) is 0 Å². The summed E-state index contributed by atoms with van der Waals surface area (Å²) in [6.07, 6.45) is 1.79. The molecular formula is C17H22FN3O. The SMILES string of the molecule is COCCc1n[nH]c2c1CN(Cc1ccc(C)c(F)c1)CC2. The summed E-state index contributed by atoms with van der Waals surface area (Å²) in [5.41, 5.74) is 5.33. The number of hydrogen-bond acceptors (Lipinski definition) is 3. The van der Waals surface area contributed by atoms with Crippen LogP contribution in [-0.2, 0) is 30.7 Å². The fourth-order valence-electron chi connectivity index (χ4n) is 2.94. The summed E-state index contributed by atoms with van der Waals surface area (Å²) in [4.78, 5) is 2.35. The minimum absolute atomic E-state index is 0.126. The summed E-state index contributed by atoms with van der Waals surface area (Å²) in [7, 11) is 1.71. The molecule has 0 fully saturated rings. The summed E-state index contributed by atoms with van der Waals surface area (Å²) in [5.74, 6) is -0.126. The number of rotatable bonds is 5. The minimum atomic E-state index is -0.126. The number of methoxy groups -OCH3 is 1. The molecule has 1 aromatic carbocycles. The first-order chi connectivity index (χ1) is 10.7. The van der Waals surface area contributed by atoms with E-state index in [1.165, 1.54) is 11.3 Å². The molecule has 4 nitrogen and oxygen atoms in total. The first kappa shape index (κ1) is 15.2. The summed E-state index contributed by atoms with van der Waals surface area (Å²) >= 11 is 0. The van der Waals surface area contributed by atoms with Gasteiger partial charge in [0.05, 0.1) is 12.3 Å². The number of aromatic amines is 1. The molecule has 2 heterocycles. The van der Waals surface area contributed by atoms with E-state index in [2.05, 4.69) is 15.1 Å². The van der Waals surface area contributed by atoms with Gasteiger partial charge in [0.25, 0.3) is 0 Å². The molecule has 0 amide bonds. The van der Waals surface area contributed by atoms with Crippen molar-refractivity contribution in [3.63, 3.8) is 0 Å². The Kier molecular flexibility index (Phi) is 4.55. The van der Waals surface area contributed by atoms with E-state index in [1.54, 1.807) is 20.1 Å². The Bertz CT molecular complexity index is 653. The molecule has 0 aliphatic carbocycles. The highest BCUT2D eigenvalue weighted by Gasteiger charge is 2.21. The number of halogens is 1. The maximum Gasteiger partial charge on any atom is 0.126 e. The number of fused-ring (bicyclic) bond motifs is 1. The lowest BCUT2D eigenvalue weighted by Crippen LogP contribution is -2.30. The van der Waals surface area contributed by atoms with Gasteiger partial charge >= 0.3 is 0 Å². The fraction of sp³-hybridized carbons (Fsp3) is 0.471. The third-order valence-corrected chi connectivity index (χ3v) is 4.28. The molecule has 0 saturated carbocycles. The van der Waals surface area contributed by atoms with Crippen LogP contribution in [0.5, 0.6) is 0 Å². The molecule has 1 aliphatic rings. The van der Waals surface area contributed by atoms with Crippen molar-refractivity contribution in [3.8, 4) is 0 Å². The van der Waals surface area contributed by atoms with Crippen LogP contribution in [0.1, 0.15) is 28.1 Å². The second kappa shape index (κ2) is 6.58. The smallest absolute Gasteiger partial charge is 0.126 e. The predicted molar refractivity (Wildman–Crippen MR) is 83.1 cm³/mol. The zero-order valence-corrected chi connectivity index (χ0v) is 13.2. The van der Waals surface area contributed by atoms with Gasteiger partial charge < -0.3 is 4.74 Å². The molecule has 1 aromatic heterocycles. The molecular weight excluding hydrogens is 281 g/mol. The topological polar surface area (TPSA) is 41.1 Å². The highest BCUT2D eigenvalue weighted by Crippen LogP contribution is 2.22. The minimum Gasteiger partial charge on any atom is -0.384 e. The van der Waals surface area contributed by atoms with E-state index in [-0.39, 0.29) is 5.82 Å². The molecule has 2 aromatic rings. The van der Waals surface area contributed by atoms with Gasteiger partial charge in [-0.05, 0) is 24.1 Å². The van der Waals surface area contributed by atoms with Gasteiger partial charge in [0.15, 0.2) is 0 Å². The van der Waals surface area contributed by atoms with Crippen LogP contribution in [0.2, 0.25) is 0 Å². The van der Waals surface area contributed by atoms with E-state index in [4.69, 9.17) is 4.74 Å². The van der Waals surface area contributed by atoms with Crippen molar-refractivity contribution in [2.24, 2.45) is 0 Å². The Balaban J connectivity index is 1.70. The maximum absolute atomic E-state index is 13.7. The Morgan fingerprint density at radius 2 is 2.27 bits per heavy atom. The molecule has 0 saturated heterocycles. The first-order valence-electron chi connectivity index (χ1n) is 7.68. The van der Waals surface area contributed by atoms with Crippen LogP contribution in [0.25, 0.3) is 0 Å². The summed E-state index contributed by atoms with van der Waals surface area (Å²) < 4.78 is 18.8. The van der Waals surface area contributed by atoms with Crippen LogP contribution in [0.15, 0.2) is 18.2 Å². The molecule has 0 unspecified atom stereocenters. The fourth-order valence-corrected chi connectivity index (χ4v) is 2.94. The van der Waals surface area contributed by atoms with E-state index in [0.29, 0.717) is 12.2 Å². The zero-order chi connectivity index (χ0) is 15.5. The third-order valence-electron chi connectivity index (χ3n) is 4.28. The molecule has 22 heavy (non-hydrogen) atoms. The number of hydrogen-bond donors (Lipinski definition) is 1. The molecule has 118 valence electrons.